The van der Waals surface area contributed by atoms with Crippen LogP contribution in [0.4, 0.5) is 0 Å². The minimum Gasteiger partial charge on any atom is -0.485 e. The van der Waals surface area contributed by atoms with Crippen LogP contribution in [0.5, 0.6) is 5.75 Å². The molecule has 0 aliphatic rings. The summed E-state index contributed by atoms with van der Waals surface area (Å²) < 4.78 is 13.0. The van der Waals surface area contributed by atoms with Gasteiger partial charge in [0, 0.05) is 11.6 Å². The summed E-state index contributed by atoms with van der Waals surface area (Å²) in [7, 11) is 0. The molecule has 2 aromatic rings. The first kappa shape index (κ1) is 13.7. The zero-order chi connectivity index (χ0) is 13.7. The maximum atomic E-state index is 5.73. The van der Waals surface area contributed by atoms with E-state index in [2.05, 4.69) is 31.2 Å². The van der Waals surface area contributed by atoms with Gasteiger partial charge in [-0.25, -0.2) is 0 Å². The van der Waals surface area contributed by atoms with Crippen molar-refractivity contribution in [2.45, 2.75) is 40.0 Å². The monoisotopic (exact) mass is 263 g/mol. The normalized spacial score (nSPS) is 11.2. The van der Waals surface area contributed by atoms with E-state index in [0.717, 1.165) is 30.2 Å². The van der Waals surface area contributed by atoms with Gasteiger partial charge < -0.3 is 14.5 Å². The first-order valence-corrected chi connectivity index (χ1v) is 6.63. The van der Waals surface area contributed by atoms with Crippen molar-refractivity contribution >= 4 is 0 Å². The van der Waals surface area contributed by atoms with Gasteiger partial charge in [0.2, 0.25) is 0 Å². The van der Waals surface area contributed by atoms with Gasteiger partial charge in [-0.15, -0.1) is 0 Å². The second kappa shape index (κ2) is 6.43. The molecule has 0 saturated carbocycles. The van der Waals surface area contributed by atoms with E-state index < -0.39 is 0 Å². The summed E-state index contributed by atoms with van der Waals surface area (Å²) in [6, 6.07) is 2.29. The molecule has 0 fully saturated rings. The van der Waals surface area contributed by atoms with Crippen molar-refractivity contribution in [3.05, 3.63) is 36.0 Å². The SMILES string of the molecule is CCNCc1occc1COc1cnn(C(C)C)c1. The number of nitrogens with zero attached hydrogens (tertiary/aromatic N) is 2. The van der Waals surface area contributed by atoms with Gasteiger partial charge in [0.25, 0.3) is 0 Å². The molecule has 5 nitrogen and oxygen atoms in total. The lowest BCUT2D eigenvalue weighted by molar-refractivity contribution is 0.300. The highest BCUT2D eigenvalue weighted by Gasteiger charge is 2.08. The van der Waals surface area contributed by atoms with E-state index >= 15 is 0 Å². The molecule has 19 heavy (non-hydrogen) atoms. The summed E-state index contributed by atoms with van der Waals surface area (Å²) in [4.78, 5) is 0. The fourth-order valence-corrected chi connectivity index (χ4v) is 1.73. The Morgan fingerprint density at radius 2 is 2.32 bits per heavy atom. The van der Waals surface area contributed by atoms with E-state index in [0.29, 0.717) is 12.6 Å². The lowest BCUT2D eigenvalue weighted by atomic mass is 10.2. The maximum Gasteiger partial charge on any atom is 0.157 e. The number of nitrogens with one attached hydrogen (secondary N) is 1. The Morgan fingerprint density at radius 3 is 3.00 bits per heavy atom. The molecule has 0 unspecified atom stereocenters. The molecule has 0 bridgehead atoms. The van der Waals surface area contributed by atoms with Crippen molar-refractivity contribution in [2.24, 2.45) is 0 Å². The fraction of sp³-hybridized carbons (Fsp3) is 0.500. The largest absolute Gasteiger partial charge is 0.485 e. The number of aromatic nitrogens is 2. The predicted molar refractivity (Wildman–Crippen MR) is 73.0 cm³/mol. The van der Waals surface area contributed by atoms with Crippen molar-refractivity contribution in [3.8, 4) is 5.75 Å². The Hall–Kier alpha value is -1.75. The Bertz CT molecular complexity index is 502. The molecule has 2 aromatic heterocycles. The highest BCUT2D eigenvalue weighted by Crippen LogP contribution is 2.17. The third-order valence-corrected chi connectivity index (χ3v) is 2.87. The van der Waals surface area contributed by atoms with Crippen LogP contribution in [-0.2, 0) is 13.2 Å². The van der Waals surface area contributed by atoms with Crippen molar-refractivity contribution in [1.82, 2.24) is 15.1 Å². The quantitative estimate of drug-likeness (QED) is 0.834. The molecule has 2 heterocycles. The van der Waals surface area contributed by atoms with Crippen molar-refractivity contribution < 1.29 is 9.15 Å². The number of rotatable bonds is 7. The standard InChI is InChI=1S/C14H21N3O2/c1-4-15-8-14-12(5-6-18-14)10-19-13-7-16-17(9-13)11(2)3/h5-7,9,11,15H,4,8,10H2,1-3H3. The molecule has 0 spiro atoms. The maximum absolute atomic E-state index is 5.73. The summed E-state index contributed by atoms with van der Waals surface area (Å²) in [5.74, 6) is 1.71. The van der Waals surface area contributed by atoms with E-state index in [9.17, 15) is 0 Å². The number of ether oxygens (including phenoxy) is 1. The van der Waals surface area contributed by atoms with Crippen LogP contribution in [0.25, 0.3) is 0 Å². The lowest BCUT2D eigenvalue weighted by Gasteiger charge is -2.05. The number of hydrogen-bond donors (Lipinski definition) is 1. The van der Waals surface area contributed by atoms with Crippen LogP contribution in [-0.4, -0.2) is 16.3 Å². The number of hydrogen-bond acceptors (Lipinski definition) is 4. The molecule has 1 N–H and O–H groups in total. The smallest absolute Gasteiger partial charge is 0.157 e. The first-order valence-electron chi connectivity index (χ1n) is 6.63. The molecule has 0 aromatic carbocycles. The van der Waals surface area contributed by atoms with Crippen LogP contribution >= 0.6 is 0 Å². The molecule has 0 radical (unpaired) electrons. The van der Waals surface area contributed by atoms with Crippen LogP contribution in [0.1, 0.15) is 38.1 Å². The summed E-state index contributed by atoms with van der Waals surface area (Å²) in [5.41, 5.74) is 1.07. The molecule has 5 heteroatoms. The van der Waals surface area contributed by atoms with Crippen LogP contribution in [0.15, 0.2) is 29.1 Å². The van der Waals surface area contributed by atoms with E-state index in [1.165, 1.54) is 0 Å². The minimum atomic E-state index is 0.343. The predicted octanol–water partition coefficient (Wildman–Crippen LogP) is 2.75. The summed E-state index contributed by atoms with van der Waals surface area (Å²) in [6.45, 7) is 8.39. The summed E-state index contributed by atoms with van der Waals surface area (Å²) >= 11 is 0. The summed E-state index contributed by atoms with van der Waals surface area (Å²) in [5, 5.41) is 7.49. The second-order valence-electron chi connectivity index (χ2n) is 4.69. The highest BCUT2D eigenvalue weighted by atomic mass is 16.5. The fourth-order valence-electron chi connectivity index (χ4n) is 1.73. The van der Waals surface area contributed by atoms with Gasteiger partial charge in [-0.1, -0.05) is 6.92 Å². The Labute approximate surface area is 113 Å². The van der Waals surface area contributed by atoms with E-state index in [1.807, 2.05) is 16.9 Å². The van der Waals surface area contributed by atoms with Crippen LogP contribution < -0.4 is 10.1 Å². The van der Waals surface area contributed by atoms with Gasteiger partial charge in [0.15, 0.2) is 5.75 Å². The van der Waals surface area contributed by atoms with E-state index in [4.69, 9.17) is 9.15 Å². The van der Waals surface area contributed by atoms with Gasteiger partial charge in [-0.05, 0) is 26.5 Å². The van der Waals surface area contributed by atoms with Crippen molar-refractivity contribution in [3.63, 3.8) is 0 Å². The van der Waals surface area contributed by atoms with Gasteiger partial charge in [-0.3, -0.25) is 4.68 Å². The van der Waals surface area contributed by atoms with Crippen LogP contribution in [0, 0.1) is 0 Å². The zero-order valence-electron chi connectivity index (χ0n) is 11.7. The molecule has 0 aliphatic heterocycles. The third-order valence-electron chi connectivity index (χ3n) is 2.87. The van der Waals surface area contributed by atoms with Gasteiger partial charge >= 0.3 is 0 Å². The molecule has 0 atom stereocenters. The van der Waals surface area contributed by atoms with Gasteiger partial charge in [0.1, 0.15) is 12.4 Å². The molecule has 104 valence electrons. The molecule has 0 saturated heterocycles. The topological polar surface area (TPSA) is 52.2 Å². The van der Waals surface area contributed by atoms with Gasteiger partial charge in [-0.2, -0.15) is 5.10 Å². The Kier molecular flexibility index (Phi) is 4.63. The van der Waals surface area contributed by atoms with Gasteiger partial charge in [0.05, 0.1) is 25.2 Å². The Morgan fingerprint density at radius 1 is 1.47 bits per heavy atom. The highest BCUT2D eigenvalue weighted by molar-refractivity contribution is 5.18. The molecular formula is C14H21N3O2. The van der Waals surface area contributed by atoms with Crippen molar-refractivity contribution in [2.75, 3.05) is 6.54 Å². The third kappa shape index (κ3) is 3.61. The zero-order valence-corrected chi connectivity index (χ0v) is 11.7. The van der Waals surface area contributed by atoms with Crippen LogP contribution in [0.3, 0.4) is 0 Å². The van der Waals surface area contributed by atoms with E-state index in [-0.39, 0.29) is 0 Å². The number of furan rings is 1. The average Bonchev–Trinajstić information content (AvgIpc) is 3.02. The molecule has 2 rings (SSSR count). The summed E-state index contributed by atoms with van der Waals surface area (Å²) in [6.07, 6.45) is 5.35. The molecule has 0 amide bonds. The first-order chi connectivity index (χ1) is 9.20. The average molecular weight is 263 g/mol. The lowest BCUT2D eigenvalue weighted by Crippen LogP contribution is -2.12. The molecular weight excluding hydrogens is 242 g/mol. The van der Waals surface area contributed by atoms with Crippen LogP contribution in [0.2, 0.25) is 0 Å². The second-order valence-corrected chi connectivity index (χ2v) is 4.69. The minimum absolute atomic E-state index is 0.343. The Balaban J connectivity index is 1.92. The van der Waals surface area contributed by atoms with E-state index in [1.54, 1.807) is 12.5 Å². The van der Waals surface area contributed by atoms with Crippen molar-refractivity contribution in [1.29, 1.82) is 0 Å². The molecule has 0 aliphatic carbocycles.